The van der Waals surface area contributed by atoms with E-state index in [0.29, 0.717) is 12.1 Å². The van der Waals surface area contributed by atoms with Gasteiger partial charge in [-0.05, 0) is 66.2 Å². The first-order chi connectivity index (χ1) is 15.4. The van der Waals surface area contributed by atoms with E-state index in [1.807, 2.05) is 24.4 Å². The molecule has 2 unspecified atom stereocenters. The number of benzene rings is 2. The summed E-state index contributed by atoms with van der Waals surface area (Å²) in [5.41, 5.74) is 2.82. The molecule has 0 radical (unpaired) electrons. The quantitative estimate of drug-likeness (QED) is 0.481. The van der Waals surface area contributed by atoms with Gasteiger partial charge in [-0.15, -0.1) is 0 Å². The van der Waals surface area contributed by atoms with Crippen LogP contribution in [0.15, 0.2) is 59.6 Å². The highest BCUT2D eigenvalue weighted by Gasteiger charge is 2.27. The van der Waals surface area contributed by atoms with Crippen molar-refractivity contribution in [3.8, 4) is 0 Å². The maximum absolute atomic E-state index is 13.5. The van der Waals surface area contributed by atoms with Gasteiger partial charge in [-0.3, -0.25) is 9.57 Å². The monoisotopic (exact) mass is 456 g/mol. The van der Waals surface area contributed by atoms with E-state index in [1.54, 1.807) is 11.6 Å². The number of carbonyl (C=O) groups excluding carboxylic acids is 1. The molecule has 32 heavy (non-hydrogen) atoms. The van der Waals surface area contributed by atoms with Crippen molar-refractivity contribution in [2.75, 3.05) is 5.32 Å². The van der Waals surface area contributed by atoms with E-state index >= 15 is 0 Å². The first kappa shape index (κ1) is 22.4. The van der Waals surface area contributed by atoms with Gasteiger partial charge in [0.05, 0.1) is 4.90 Å². The van der Waals surface area contributed by atoms with E-state index in [1.165, 1.54) is 11.6 Å². The third-order valence-corrected chi connectivity index (χ3v) is 7.11. The fraction of sp³-hybridized carbons (Fsp3) is 0.292. The van der Waals surface area contributed by atoms with Crippen LogP contribution in [0.3, 0.4) is 0 Å². The van der Waals surface area contributed by atoms with E-state index in [9.17, 15) is 13.6 Å². The second-order valence-electron chi connectivity index (χ2n) is 8.05. The second kappa shape index (κ2) is 9.75. The minimum absolute atomic E-state index is 0.194. The number of anilines is 1. The molecule has 1 amide bonds. The molecular formula is C24H26F2N4OS. The molecule has 4 rings (SSSR count). The molecule has 168 valence electrons. The predicted molar refractivity (Wildman–Crippen MR) is 123 cm³/mol. The summed E-state index contributed by atoms with van der Waals surface area (Å²) in [7, 11) is 0.837. The molecule has 0 fully saturated rings. The molecule has 0 bridgehead atoms. The van der Waals surface area contributed by atoms with Gasteiger partial charge in [-0.25, -0.2) is 13.5 Å². The van der Waals surface area contributed by atoms with Crippen molar-refractivity contribution in [3.05, 3.63) is 83.2 Å². The molecule has 2 heterocycles. The number of nitrogens with zero attached hydrogens (tertiary/aromatic N) is 1. The van der Waals surface area contributed by atoms with Crippen molar-refractivity contribution >= 4 is 22.5 Å². The van der Waals surface area contributed by atoms with Crippen molar-refractivity contribution < 1.29 is 13.6 Å². The average Bonchev–Trinajstić information content (AvgIpc) is 3.03. The molecule has 2 aromatic carbocycles. The van der Waals surface area contributed by atoms with Gasteiger partial charge in [-0.2, -0.15) is 0 Å². The zero-order valence-electron chi connectivity index (χ0n) is 17.8. The Morgan fingerprint density at radius 1 is 1.22 bits per heavy atom. The Hall–Kier alpha value is -2.84. The number of hydrogen-bond acceptors (Lipinski definition) is 2. The lowest BCUT2D eigenvalue weighted by molar-refractivity contribution is 0.101. The van der Waals surface area contributed by atoms with Crippen LogP contribution >= 0.6 is 0 Å². The molecule has 2 atom stereocenters. The lowest BCUT2D eigenvalue weighted by Gasteiger charge is -2.16. The van der Waals surface area contributed by atoms with Gasteiger partial charge >= 0.3 is 0 Å². The molecule has 1 aliphatic rings. The lowest BCUT2D eigenvalue weighted by Crippen LogP contribution is -2.29. The molecule has 3 aromatic rings. The van der Waals surface area contributed by atoms with Crippen molar-refractivity contribution in [2.45, 2.75) is 43.0 Å². The van der Waals surface area contributed by atoms with Crippen LogP contribution in [0, 0.1) is 16.4 Å². The number of halogens is 2. The summed E-state index contributed by atoms with van der Waals surface area (Å²) in [6.45, 7) is 0. The minimum Gasteiger partial charge on any atom is -0.345 e. The molecule has 0 saturated heterocycles. The SMILES string of the molecule is Cn1cc2c(c1C(=O)Nc1ccc(F)c(F)c1)CCC(CCCc1ccccc1)NS2=N. The largest absolute Gasteiger partial charge is 0.345 e. The van der Waals surface area contributed by atoms with Crippen molar-refractivity contribution in [2.24, 2.45) is 7.05 Å². The third-order valence-electron chi connectivity index (χ3n) is 5.75. The number of amides is 1. The molecule has 8 heteroatoms. The Kier molecular flexibility index (Phi) is 6.81. The van der Waals surface area contributed by atoms with Crippen molar-refractivity contribution in [1.29, 1.82) is 4.78 Å². The fourth-order valence-electron chi connectivity index (χ4n) is 4.13. The Balaban J connectivity index is 1.45. The third kappa shape index (κ3) is 4.97. The smallest absolute Gasteiger partial charge is 0.272 e. The number of carbonyl (C=O) groups is 1. The van der Waals surface area contributed by atoms with E-state index < -0.39 is 22.5 Å². The van der Waals surface area contributed by atoms with E-state index in [4.69, 9.17) is 4.78 Å². The average molecular weight is 457 g/mol. The first-order valence-corrected chi connectivity index (χ1v) is 11.8. The topological polar surface area (TPSA) is 69.9 Å². The Labute approximate surface area is 188 Å². The highest BCUT2D eigenvalue weighted by molar-refractivity contribution is 7.84. The summed E-state index contributed by atoms with van der Waals surface area (Å²) < 4.78 is 40.5. The normalized spacial score (nSPS) is 18.1. The molecule has 0 saturated carbocycles. The van der Waals surface area contributed by atoms with Gasteiger partial charge in [0, 0.05) is 31.0 Å². The number of fused-ring (bicyclic) bond motifs is 1. The highest BCUT2D eigenvalue weighted by Crippen LogP contribution is 2.28. The van der Waals surface area contributed by atoms with Gasteiger partial charge in [0.2, 0.25) is 0 Å². The molecule has 1 aliphatic heterocycles. The van der Waals surface area contributed by atoms with E-state index in [2.05, 4.69) is 22.2 Å². The summed E-state index contributed by atoms with van der Waals surface area (Å²) in [6.07, 6.45) is 6.33. The summed E-state index contributed by atoms with van der Waals surface area (Å²) >= 11 is 0. The van der Waals surface area contributed by atoms with Gasteiger partial charge in [0.25, 0.3) is 5.91 Å². The number of aromatic nitrogens is 1. The number of hydrogen-bond donors (Lipinski definition) is 3. The molecule has 0 aliphatic carbocycles. The van der Waals surface area contributed by atoms with Crippen LogP contribution in [0.5, 0.6) is 0 Å². The summed E-state index contributed by atoms with van der Waals surface area (Å²) in [5, 5.41) is 2.66. The fourth-order valence-corrected chi connectivity index (χ4v) is 5.54. The van der Waals surface area contributed by atoms with Crippen LogP contribution in [-0.2, 0) is 30.8 Å². The van der Waals surface area contributed by atoms with Crippen LogP contribution in [0.25, 0.3) is 0 Å². The van der Waals surface area contributed by atoms with Crippen LogP contribution in [0.4, 0.5) is 14.5 Å². The zero-order chi connectivity index (χ0) is 22.7. The standard InChI is InChI=1S/C24H26F2N4OS/c1-30-15-22-19(23(30)24(31)28-18-11-13-20(25)21(26)14-18)12-10-17(29-32(22)27)9-5-8-16-6-3-2-4-7-16/h2-4,6-7,11,13-15,17H,5,8-10,12H2,1H3,(H2,27,29)(H,28,31). The Morgan fingerprint density at radius 3 is 2.75 bits per heavy atom. The van der Waals surface area contributed by atoms with Gasteiger partial charge in [0.15, 0.2) is 11.6 Å². The minimum atomic E-state index is -1.01. The number of rotatable bonds is 6. The number of nitrogens with one attached hydrogen (secondary N) is 3. The van der Waals surface area contributed by atoms with E-state index in [-0.39, 0.29) is 17.6 Å². The van der Waals surface area contributed by atoms with Crippen molar-refractivity contribution in [1.82, 2.24) is 9.29 Å². The van der Waals surface area contributed by atoms with Crippen LogP contribution < -0.4 is 10.0 Å². The van der Waals surface area contributed by atoms with Gasteiger partial charge < -0.3 is 9.88 Å². The Bertz CT molecular complexity index is 1150. The first-order valence-electron chi connectivity index (χ1n) is 10.6. The summed E-state index contributed by atoms with van der Waals surface area (Å²) in [5.74, 6) is -2.36. The number of aryl methyl sites for hydroxylation is 2. The molecule has 1 aromatic heterocycles. The second-order valence-corrected chi connectivity index (χ2v) is 9.34. The van der Waals surface area contributed by atoms with Gasteiger partial charge in [0.1, 0.15) is 5.69 Å². The van der Waals surface area contributed by atoms with E-state index in [0.717, 1.165) is 48.3 Å². The molecule has 5 nitrogen and oxygen atoms in total. The maximum Gasteiger partial charge on any atom is 0.272 e. The van der Waals surface area contributed by atoms with Crippen LogP contribution in [0.2, 0.25) is 0 Å². The van der Waals surface area contributed by atoms with Gasteiger partial charge in [-0.1, -0.05) is 30.3 Å². The summed E-state index contributed by atoms with van der Waals surface area (Å²) in [4.78, 5) is 13.8. The van der Waals surface area contributed by atoms with Crippen molar-refractivity contribution in [3.63, 3.8) is 0 Å². The molecule has 3 N–H and O–H groups in total. The Morgan fingerprint density at radius 2 is 2.00 bits per heavy atom. The summed E-state index contributed by atoms with van der Waals surface area (Å²) in [6, 6.07) is 13.9. The van der Waals surface area contributed by atoms with Crippen LogP contribution in [-0.4, -0.2) is 16.5 Å². The lowest BCUT2D eigenvalue weighted by atomic mass is 9.99. The highest BCUT2D eigenvalue weighted by atomic mass is 32.2. The molecular weight excluding hydrogens is 430 g/mol. The predicted octanol–water partition coefficient (Wildman–Crippen LogP) is 5.14. The van der Waals surface area contributed by atoms with Crippen LogP contribution in [0.1, 0.15) is 40.9 Å². The molecule has 0 spiro atoms. The maximum atomic E-state index is 13.5. The zero-order valence-corrected chi connectivity index (χ0v) is 18.6.